The summed E-state index contributed by atoms with van der Waals surface area (Å²) in [6.07, 6.45) is 6.15. The van der Waals surface area contributed by atoms with Gasteiger partial charge in [-0.2, -0.15) is 0 Å². The van der Waals surface area contributed by atoms with Crippen LogP contribution in [-0.4, -0.2) is 155 Å². The molecule has 67 heavy (non-hydrogen) atoms. The first-order valence-electron chi connectivity index (χ1n) is 24.8. The highest BCUT2D eigenvalue weighted by atomic mass is 16.7. The van der Waals surface area contributed by atoms with Crippen LogP contribution in [0.5, 0.6) is 0 Å². The number of carbonyl (C=O) groups excluding carboxylic acids is 5. The Hall–Kier alpha value is -2.93. The summed E-state index contributed by atoms with van der Waals surface area (Å²) < 4.78 is 41.8. The second-order valence-corrected chi connectivity index (χ2v) is 21.2. The molecule has 6 aliphatic rings. The third-order valence-electron chi connectivity index (χ3n) is 16.3. The summed E-state index contributed by atoms with van der Waals surface area (Å²) >= 11 is 0. The normalized spacial score (nSPS) is 45.8. The fraction of sp³-hybridized carbons (Fsp3) is 0.824. The summed E-state index contributed by atoms with van der Waals surface area (Å²) in [5, 5.41) is 34.2. The largest absolute Gasteiger partial charge is 0.460 e. The number of hydrogen-bond donors (Lipinski definition) is 3. The van der Waals surface area contributed by atoms with E-state index in [1.165, 1.54) is 12.0 Å². The van der Waals surface area contributed by atoms with E-state index < -0.39 is 101 Å². The van der Waals surface area contributed by atoms with Gasteiger partial charge in [-0.1, -0.05) is 58.9 Å². The van der Waals surface area contributed by atoms with Gasteiger partial charge < -0.3 is 53.4 Å². The van der Waals surface area contributed by atoms with Crippen LogP contribution in [-0.2, 0) is 57.1 Å². The molecule has 378 valence electrons. The first-order valence-corrected chi connectivity index (χ1v) is 24.8. The highest BCUT2D eigenvalue weighted by Gasteiger charge is 2.64. The van der Waals surface area contributed by atoms with Crippen LogP contribution >= 0.6 is 0 Å². The van der Waals surface area contributed by atoms with Crippen LogP contribution in [0.1, 0.15) is 126 Å². The van der Waals surface area contributed by atoms with Crippen LogP contribution in [0.25, 0.3) is 0 Å². The summed E-state index contributed by atoms with van der Waals surface area (Å²) in [5.41, 5.74) is -2.00. The number of rotatable bonds is 6. The van der Waals surface area contributed by atoms with Gasteiger partial charge in [-0.25, -0.2) is 4.79 Å². The Labute approximate surface area is 396 Å². The zero-order valence-corrected chi connectivity index (χ0v) is 41.4. The van der Waals surface area contributed by atoms with Gasteiger partial charge in [-0.05, 0) is 95.8 Å². The van der Waals surface area contributed by atoms with E-state index in [-0.39, 0.29) is 67.3 Å². The minimum Gasteiger partial charge on any atom is -0.460 e. The van der Waals surface area contributed by atoms with Crippen molar-refractivity contribution in [3.8, 4) is 0 Å². The van der Waals surface area contributed by atoms with Crippen molar-refractivity contribution < 1.29 is 72.5 Å². The fourth-order valence-electron chi connectivity index (χ4n) is 11.4. The molecule has 0 aromatic rings. The Morgan fingerprint density at radius 3 is 2.22 bits per heavy atom. The number of ether oxygens (including phenoxy) is 7. The molecule has 0 radical (unpaired) electrons. The van der Waals surface area contributed by atoms with E-state index in [0.717, 1.165) is 0 Å². The lowest BCUT2D eigenvalue weighted by atomic mass is 9.78. The molecule has 16 heteroatoms. The fourth-order valence-corrected chi connectivity index (χ4v) is 11.4. The Morgan fingerprint density at radius 2 is 1.54 bits per heavy atom. The van der Waals surface area contributed by atoms with Crippen molar-refractivity contribution in [1.82, 2.24) is 4.90 Å². The molecule has 1 amide bonds. The third-order valence-corrected chi connectivity index (χ3v) is 16.3. The van der Waals surface area contributed by atoms with Crippen molar-refractivity contribution in [1.29, 1.82) is 0 Å². The van der Waals surface area contributed by atoms with Crippen molar-refractivity contribution in [3.05, 3.63) is 24.3 Å². The maximum absolute atomic E-state index is 14.4. The van der Waals surface area contributed by atoms with E-state index in [4.69, 9.17) is 33.2 Å². The van der Waals surface area contributed by atoms with E-state index in [9.17, 15) is 39.3 Å². The van der Waals surface area contributed by atoms with Crippen LogP contribution in [0.2, 0.25) is 0 Å². The minimum absolute atomic E-state index is 0.0128. The second-order valence-electron chi connectivity index (χ2n) is 21.2. The number of Topliss-reactive ketones (excluding diaryl/α,β-unsaturated/α-hetero) is 3. The van der Waals surface area contributed by atoms with Crippen molar-refractivity contribution in [2.45, 2.75) is 203 Å². The number of epoxide rings is 2. The van der Waals surface area contributed by atoms with Crippen molar-refractivity contribution in [2.24, 2.45) is 35.5 Å². The lowest BCUT2D eigenvalue weighted by Crippen LogP contribution is -2.61. The van der Waals surface area contributed by atoms with Crippen LogP contribution in [0, 0.1) is 35.5 Å². The monoisotopic (exact) mass is 946 g/mol. The summed E-state index contributed by atoms with van der Waals surface area (Å²) in [6.45, 7) is 12.7. The van der Waals surface area contributed by atoms with Gasteiger partial charge in [0.2, 0.25) is 5.79 Å². The average molecular weight is 946 g/mol. The zero-order chi connectivity index (χ0) is 49.2. The standard InChI is InChI=1S/C51H79NO15/c1-28-15-11-12-17-40-49(6,66-40)41(62-9)26-34-20-18-31(4)51(60,65-34)45(57)47(58)52-22-14-13-16-35(52)48(59)64-38(29(2)24-33-19-21-36(53)39(25-33)61-8)27-37(54)32(5)46-50(7,67-46)44(56)43(63-10)42(55)30(3)23-28/h11-12,15,17,28-36,38-41,43-44,46,53,56,60H,13-14,16,18-27H2,1-10H3/b15-11+,17-12+/t28-,29-,30-,31-,32+,33+,34+,35+,36-,38+,39-,40?,41+,43+,44+,46?,49?,50?,51-/m1/s1. The highest BCUT2D eigenvalue weighted by Crippen LogP contribution is 2.48. The number of fused-ring (bicyclic) bond motifs is 5. The van der Waals surface area contributed by atoms with Gasteiger partial charge in [0, 0.05) is 58.5 Å². The molecule has 5 heterocycles. The predicted octanol–water partition coefficient (Wildman–Crippen LogP) is 4.60. The van der Waals surface area contributed by atoms with Crippen molar-refractivity contribution in [2.75, 3.05) is 27.9 Å². The number of ketones is 3. The minimum atomic E-state index is -2.46. The van der Waals surface area contributed by atoms with Gasteiger partial charge >= 0.3 is 5.97 Å². The Bertz CT molecular complexity index is 1840. The number of amides is 1. The molecule has 3 N–H and O–H groups in total. The summed E-state index contributed by atoms with van der Waals surface area (Å²) in [4.78, 5) is 72.4. The number of carbonyl (C=O) groups is 5. The quantitative estimate of drug-likeness (QED) is 0.188. The summed E-state index contributed by atoms with van der Waals surface area (Å²) in [6, 6.07) is -1.16. The van der Waals surface area contributed by atoms with E-state index in [0.29, 0.717) is 57.8 Å². The Balaban J connectivity index is 1.29. The average Bonchev–Trinajstić information content (AvgIpc) is 4.20. The third kappa shape index (κ3) is 11.7. The highest BCUT2D eigenvalue weighted by molar-refractivity contribution is 6.39. The zero-order valence-electron chi connectivity index (χ0n) is 41.4. The molecule has 0 spiro atoms. The van der Waals surface area contributed by atoms with E-state index in [2.05, 4.69) is 0 Å². The van der Waals surface area contributed by atoms with E-state index in [1.54, 1.807) is 41.9 Å². The van der Waals surface area contributed by atoms with Crippen LogP contribution in [0.4, 0.5) is 0 Å². The Kier molecular flexibility index (Phi) is 17.5. The summed E-state index contributed by atoms with van der Waals surface area (Å²) in [5.74, 6) is -8.23. The topological polar surface area (TPSA) is 220 Å². The van der Waals surface area contributed by atoms with Gasteiger partial charge in [0.25, 0.3) is 11.7 Å². The predicted molar refractivity (Wildman–Crippen MR) is 244 cm³/mol. The number of cyclic esters (lactones) is 1. The van der Waals surface area contributed by atoms with Gasteiger partial charge in [0.15, 0.2) is 5.78 Å². The molecule has 5 fully saturated rings. The number of methoxy groups -OCH3 is 3. The second kappa shape index (κ2) is 22.0. The number of allylic oxidation sites excluding steroid dienone is 3. The molecule has 16 nitrogen and oxygen atoms in total. The molecule has 0 aromatic heterocycles. The lowest BCUT2D eigenvalue weighted by Gasteiger charge is -2.43. The van der Waals surface area contributed by atoms with Gasteiger partial charge in [-0.3, -0.25) is 19.2 Å². The molecular weight excluding hydrogens is 867 g/mol. The molecule has 4 saturated heterocycles. The SMILES string of the molecule is CO[C@H]1C[C@@H]2CC[C@@H](C)[C@@](O)(O2)C(=O)C(=O)N2CCCC[C@H]2C(=O)O[C@H]([C@H](C)C[C@@H]2CC[C@@H](O)[C@H](OC)C2)CC(=O)[C@H](C)C2OC2(C)[C@@H](O)[C@@H](OC)C(=O)[C@H](C)C[C@H](C)/C=C/C=C/C2OC21C. The molecular formula is C51H79NO15. The first-order chi connectivity index (χ1) is 31.6. The van der Waals surface area contributed by atoms with Crippen LogP contribution in [0.15, 0.2) is 24.3 Å². The lowest BCUT2D eigenvalue weighted by molar-refractivity contribution is -0.267. The molecule has 1 aliphatic carbocycles. The number of piperidine rings is 1. The van der Waals surface area contributed by atoms with E-state index >= 15 is 0 Å². The van der Waals surface area contributed by atoms with Crippen LogP contribution < -0.4 is 0 Å². The molecule has 6 rings (SSSR count). The molecule has 4 unspecified atom stereocenters. The van der Waals surface area contributed by atoms with Crippen molar-refractivity contribution in [3.63, 3.8) is 0 Å². The van der Waals surface area contributed by atoms with Gasteiger partial charge in [0.1, 0.15) is 47.4 Å². The first kappa shape index (κ1) is 53.4. The Morgan fingerprint density at radius 1 is 0.821 bits per heavy atom. The van der Waals surface area contributed by atoms with Gasteiger partial charge in [0.05, 0.1) is 30.5 Å². The maximum Gasteiger partial charge on any atom is 0.329 e. The van der Waals surface area contributed by atoms with E-state index in [1.807, 2.05) is 45.1 Å². The number of nitrogens with zero attached hydrogens (tertiary/aromatic N) is 1. The summed E-state index contributed by atoms with van der Waals surface area (Å²) in [7, 11) is 4.50. The molecule has 2 bridgehead atoms. The van der Waals surface area contributed by atoms with Gasteiger partial charge in [-0.15, -0.1) is 0 Å². The molecule has 19 atom stereocenters. The molecule has 0 aromatic carbocycles. The maximum atomic E-state index is 14.4. The molecule has 1 saturated carbocycles. The molecule has 5 aliphatic heterocycles. The van der Waals surface area contributed by atoms with Crippen LogP contribution in [0.3, 0.4) is 0 Å². The van der Waals surface area contributed by atoms with Crippen molar-refractivity contribution >= 4 is 29.2 Å². The number of aliphatic hydroxyl groups excluding tert-OH is 2. The number of hydrogen-bond acceptors (Lipinski definition) is 15. The smallest absolute Gasteiger partial charge is 0.329 e. The number of aliphatic hydroxyl groups is 3. The number of esters is 1.